The minimum atomic E-state index is -0.541. The van der Waals surface area contributed by atoms with Gasteiger partial charge in [-0.05, 0) is 45.4 Å². The van der Waals surface area contributed by atoms with Crippen LogP contribution in [0.4, 0.5) is 9.93 Å². The normalized spacial score (nSPS) is 13.9. The van der Waals surface area contributed by atoms with Gasteiger partial charge in [-0.15, -0.1) is 0 Å². The molecular weight excluding hydrogens is 366 g/mol. The van der Waals surface area contributed by atoms with Crippen molar-refractivity contribution in [3.63, 3.8) is 0 Å². The zero-order valence-corrected chi connectivity index (χ0v) is 16.6. The van der Waals surface area contributed by atoms with Crippen molar-refractivity contribution in [2.24, 2.45) is 0 Å². The maximum absolute atomic E-state index is 12.4. The minimum Gasteiger partial charge on any atom is -0.507 e. The van der Waals surface area contributed by atoms with Crippen LogP contribution in [0.1, 0.15) is 47.3 Å². The van der Waals surface area contributed by atoms with Crippen LogP contribution < -0.4 is 5.32 Å². The number of amides is 2. The lowest BCUT2D eigenvalue weighted by molar-refractivity contribution is 0.0225. The maximum Gasteiger partial charge on any atom is 0.410 e. The van der Waals surface area contributed by atoms with Crippen LogP contribution in [-0.4, -0.2) is 39.1 Å². The number of carbonyl (C=O) groups is 2. The van der Waals surface area contributed by atoms with Crippen molar-refractivity contribution in [1.82, 2.24) is 9.88 Å². The van der Waals surface area contributed by atoms with E-state index in [2.05, 4.69) is 10.3 Å². The largest absolute Gasteiger partial charge is 0.507 e. The van der Waals surface area contributed by atoms with Gasteiger partial charge in [0.05, 0.1) is 17.8 Å². The quantitative estimate of drug-likeness (QED) is 0.817. The molecule has 0 bridgehead atoms. The van der Waals surface area contributed by atoms with E-state index < -0.39 is 11.5 Å². The van der Waals surface area contributed by atoms with Crippen molar-refractivity contribution in [1.29, 1.82) is 0 Å². The summed E-state index contributed by atoms with van der Waals surface area (Å²) in [5.74, 6) is -0.479. The predicted molar refractivity (Wildman–Crippen MR) is 103 cm³/mol. The Hall–Kier alpha value is -2.61. The molecular formula is C19H23N3O4S. The highest BCUT2D eigenvalue weighted by atomic mass is 32.1. The molecule has 2 aromatic rings. The lowest BCUT2D eigenvalue weighted by Gasteiger charge is -2.29. The Labute approximate surface area is 162 Å². The SMILES string of the molecule is Cc1ccc(C(=O)Nc2nc3c(s2)CN(C(=O)OC(C)(C)C)CC3)c(O)c1. The number of phenols is 1. The Morgan fingerprint density at radius 3 is 2.74 bits per heavy atom. The number of ether oxygens (including phenoxy) is 1. The van der Waals surface area contributed by atoms with Crippen molar-refractivity contribution in [3.05, 3.63) is 39.9 Å². The molecule has 0 unspecified atom stereocenters. The van der Waals surface area contributed by atoms with Gasteiger partial charge in [0.25, 0.3) is 5.91 Å². The molecule has 2 N–H and O–H groups in total. The highest BCUT2D eigenvalue weighted by Crippen LogP contribution is 2.30. The molecule has 0 aliphatic carbocycles. The third-order valence-electron chi connectivity index (χ3n) is 4.00. The number of phenolic OH excluding ortho intramolecular Hbond substituents is 1. The fourth-order valence-corrected chi connectivity index (χ4v) is 3.75. The van der Waals surface area contributed by atoms with Crippen LogP contribution in [0, 0.1) is 6.92 Å². The topological polar surface area (TPSA) is 91.8 Å². The van der Waals surface area contributed by atoms with E-state index in [4.69, 9.17) is 4.74 Å². The Morgan fingerprint density at radius 2 is 2.07 bits per heavy atom. The molecule has 0 saturated heterocycles. The number of aromatic hydroxyl groups is 1. The molecule has 3 rings (SSSR count). The number of nitrogens with zero attached hydrogens (tertiary/aromatic N) is 2. The van der Waals surface area contributed by atoms with Crippen LogP contribution in [0.3, 0.4) is 0 Å². The number of hydrogen-bond donors (Lipinski definition) is 2. The van der Waals surface area contributed by atoms with Gasteiger partial charge in [0.2, 0.25) is 0 Å². The number of aryl methyl sites for hydroxylation is 1. The number of rotatable bonds is 2. The minimum absolute atomic E-state index is 0.0649. The van der Waals surface area contributed by atoms with Crippen molar-refractivity contribution in [2.75, 3.05) is 11.9 Å². The van der Waals surface area contributed by atoms with Crippen molar-refractivity contribution in [2.45, 2.75) is 46.3 Å². The monoisotopic (exact) mass is 389 g/mol. The smallest absolute Gasteiger partial charge is 0.410 e. The maximum atomic E-state index is 12.4. The van der Waals surface area contributed by atoms with E-state index in [0.717, 1.165) is 16.1 Å². The second kappa shape index (κ2) is 7.19. The van der Waals surface area contributed by atoms with E-state index in [0.29, 0.717) is 24.6 Å². The molecule has 7 nitrogen and oxygen atoms in total. The van der Waals surface area contributed by atoms with E-state index >= 15 is 0 Å². The summed E-state index contributed by atoms with van der Waals surface area (Å²) < 4.78 is 5.42. The number of thiazole rings is 1. The second-order valence-electron chi connectivity index (χ2n) is 7.52. The third kappa shape index (κ3) is 4.57. The fourth-order valence-electron chi connectivity index (χ4n) is 2.73. The Kier molecular flexibility index (Phi) is 5.10. The van der Waals surface area contributed by atoms with Crippen LogP contribution >= 0.6 is 11.3 Å². The summed E-state index contributed by atoms with van der Waals surface area (Å²) in [5.41, 5.74) is 1.41. The average Bonchev–Trinajstić information content (AvgIpc) is 2.94. The molecule has 0 spiro atoms. The molecule has 1 aromatic carbocycles. The molecule has 0 atom stereocenters. The highest BCUT2D eigenvalue weighted by Gasteiger charge is 2.28. The number of aromatic nitrogens is 1. The van der Waals surface area contributed by atoms with Crippen molar-refractivity contribution in [3.8, 4) is 5.75 Å². The number of fused-ring (bicyclic) bond motifs is 1. The molecule has 2 amide bonds. The number of carbonyl (C=O) groups excluding carboxylic acids is 2. The van der Waals surface area contributed by atoms with Gasteiger partial charge in [-0.2, -0.15) is 0 Å². The molecule has 1 aromatic heterocycles. The van der Waals surface area contributed by atoms with Gasteiger partial charge in [0.15, 0.2) is 5.13 Å². The average molecular weight is 389 g/mol. The van der Waals surface area contributed by atoms with Crippen molar-refractivity contribution < 1.29 is 19.4 Å². The molecule has 1 aliphatic rings. The number of hydrogen-bond acceptors (Lipinski definition) is 6. The van der Waals surface area contributed by atoms with Gasteiger partial charge >= 0.3 is 6.09 Å². The Balaban J connectivity index is 1.69. The van der Waals surface area contributed by atoms with Gasteiger partial charge in [0.1, 0.15) is 11.4 Å². The summed E-state index contributed by atoms with van der Waals surface area (Å²) in [6, 6.07) is 4.89. The lowest BCUT2D eigenvalue weighted by Crippen LogP contribution is -2.39. The van der Waals surface area contributed by atoms with Crippen LogP contribution in [-0.2, 0) is 17.7 Å². The standard InChI is InChI=1S/C19H23N3O4S/c1-11-5-6-12(14(23)9-11)16(24)21-17-20-13-7-8-22(10-15(13)27-17)18(25)26-19(2,3)4/h5-6,9,23H,7-8,10H2,1-4H3,(H,20,21,24). The summed E-state index contributed by atoms with van der Waals surface area (Å²) in [6.07, 6.45) is 0.258. The van der Waals surface area contributed by atoms with Gasteiger partial charge in [0, 0.05) is 17.8 Å². The zero-order valence-electron chi connectivity index (χ0n) is 15.8. The van der Waals surface area contributed by atoms with Gasteiger partial charge in [-0.3, -0.25) is 10.1 Å². The molecule has 0 fully saturated rings. The molecule has 144 valence electrons. The Morgan fingerprint density at radius 1 is 1.33 bits per heavy atom. The Bertz CT molecular complexity index is 886. The van der Waals surface area contributed by atoms with Crippen molar-refractivity contribution >= 4 is 28.5 Å². The molecule has 1 aliphatic heterocycles. The summed E-state index contributed by atoms with van der Waals surface area (Å²) in [5, 5.41) is 13.1. The van der Waals surface area contributed by atoms with Crippen LogP contribution in [0.25, 0.3) is 0 Å². The number of anilines is 1. The molecule has 8 heteroatoms. The van der Waals surface area contributed by atoms with Gasteiger partial charge in [-0.1, -0.05) is 17.4 Å². The predicted octanol–water partition coefficient (Wildman–Crippen LogP) is 3.70. The first kappa shape index (κ1) is 19.2. The first-order valence-electron chi connectivity index (χ1n) is 8.70. The van der Waals surface area contributed by atoms with Crippen LogP contribution in [0.5, 0.6) is 5.75 Å². The molecule has 27 heavy (non-hydrogen) atoms. The van der Waals surface area contributed by atoms with Gasteiger partial charge in [-0.25, -0.2) is 9.78 Å². The summed E-state index contributed by atoms with van der Waals surface area (Å²) >= 11 is 1.33. The number of nitrogens with one attached hydrogen (secondary N) is 1. The first-order valence-corrected chi connectivity index (χ1v) is 9.51. The third-order valence-corrected chi connectivity index (χ3v) is 5.00. The van der Waals surface area contributed by atoms with Crippen LogP contribution in [0.2, 0.25) is 0 Å². The van der Waals surface area contributed by atoms with E-state index in [9.17, 15) is 14.7 Å². The zero-order chi connectivity index (χ0) is 19.8. The molecule has 0 saturated carbocycles. The van der Waals surface area contributed by atoms with E-state index in [1.165, 1.54) is 11.3 Å². The van der Waals surface area contributed by atoms with Gasteiger partial charge < -0.3 is 14.7 Å². The molecule has 0 radical (unpaired) electrons. The molecule has 2 heterocycles. The lowest BCUT2D eigenvalue weighted by atomic mass is 10.1. The van der Waals surface area contributed by atoms with E-state index in [1.807, 2.05) is 27.7 Å². The van der Waals surface area contributed by atoms with E-state index in [-0.39, 0.29) is 17.4 Å². The first-order chi connectivity index (χ1) is 12.6. The summed E-state index contributed by atoms with van der Waals surface area (Å²) in [6.45, 7) is 8.28. The number of benzene rings is 1. The summed E-state index contributed by atoms with van der Waals surface area (Å²) in [7, 11) is 0. The van der Waals surface area contributed by atoms with Crippen LogP contribution in [0.15, 0.2) is 18.2 Å². The summed E-state index contributed by atoms with van der Waals surface area (Å²) in [4.78, 5) is 31.7. The fraction of sp³-hybridized carbons (Fsp3) is 0.421. The van der Waals surface area contributed by atoms with E-state index in [1.54, 1.807) is 23.1 Å². The highest BCUT2D eigenvalue weighted by molar-refractivity contribution is 7.15. The second-order valence-corrected chi connectivity index (χ2v) is 8.60.